The summed E-state index contributed by atoms with van der Waals surface area (Å²) in [5.74, 6) is 0.301. The molecular formula is C27H24ClNO6. The summed E-state index contributed by atoms with van der Waals surface area (Å²) in [4.78, 5) is 14.0. The van der Waals surface area contributed by atoms with Crippen molar-refractivity contribution in [2.24, 2.45) is 11.1 Å². The zero-order valence-electron chi connectivity index (χ0n) is 19.5. The Morgan fingerprint density at radius 2 is 1.89 bits per heavy atom. The molecule has 0 unspecified atom stereocenters. The van der Waals surface area contributed by atoms with E-state index in [1.54, 1.807) is 12.1 Å². The van der Waals surface area contributed by atoms with Crippen molar-refractivity contribution in [3.63, 3.8) is 0 Å². The van der Waals surface area contributed by atoms with E-state index < -0.39 is 11.5 Å². The predicted molar refractivity (Wildman–Crippen MR) is 132 cm³/mol. The molecule has 0 fully saturated rings. The SMILES string of the molecule is COc1cc(OC)c2c(c1Cl)O[C@]1(C2=O)C(OCc2cccc3ccccc23)=C/C(=N\O)C[C@H]1C. The molecule has 0 bridgehead atoms. The van der Waals surface area contributed by atoms with Crippen LogP contribution >= 0.6 is 11.6 Å². The second-order valence-electron chi connectivity index (χ2n) is 8.60. The molecule has 1 spiro atoms. The molecule has 2 aliphatic rings. The standard InChI is InChI=1S/C27H24ClNO6/c1-15-11-18(29-31)12-22(34-14-17-9-6-8-16-7-4-5-10-19(16)17)27(15)26(30)23-20(32-2)13-21(33-3)24(28)25(23)35-27/h4-10,12-13,15,31H,11,14H2,1-3H3/b29-18-/t15-,27+/m1/s1. The highest BCUT2D eigenvalue weighted by Gasteiger charge is 2.59. The zero-order chi connectivity index (χ0) is 24.7. The van der Waals surface area contributed by atoms with Gasteiger partial charge in [-0.05, 0) is 16.3 Å². The van der Waals surface area contributed by atoms with Crippen molar-refractivity contribution in [1.82, 2.24) is 0 Å². The van der Waals surface area contributed by atoms with Crippen molar-refractivity contribution in [2.45, 2.75) is 25.6 Å². The van der Waals surface area contributed by atoms with Gasteiger partial charge in [0.15, 0.2) is 11.5 Å². The molecule has 8 heteroatoms. The predicted octanol–water partition coefficient (Wildman–Crippen LogP) is 5.80. The van der Waals surface area contributed by atoms with E-state index in [4.69, 9.17) is 30.5 Å². The Labute approximate surface area is 207 Å². The monoisotopic (exact) mass is 493 g/mol. The van der Waals surface area contributed by atoms with Gasteiger partial charge >= 0.3 is 0 Å². The van der Waals surface area contributed by atoms with Crippen LogP contribution in [-0.2, 0) is 11.3 Å². The van der Waals surface area contributed by atoms with Crippen LogP contribution in [0.4, 0.5) is 0 Å². The zero-order valence-corrected chi connectivity index (χ0v) is 20.3. The Balaban J connectivity index is 1.60. The Hall–Kier alpha value is -3.71. The first-order chi connectivity index (χ1) is 16.9. The van der Waals surface area contributed by atoms with E-state index in [1.165, 1.54) is 14.2 Å². The Morgan fingerprint density at radius 3 is 2.63 bits per heavy atom. The quantitative estimate of drug-likeness (QED) is 0.357. The summed E-state index contributed by atoms with van der Waals surface area (Å²) in [5, 5.41) is 15.2. The highest BCUT2D eigenvalue weighted by Crippen LogP contribution is 2.54. The number of hydrogen-bond donors (Lipinski definition) is 1. The van der Waals surface area contributed by atoms with Crippen LogP contribution in [0.3, 0.4) is 0 Å². The number of carbonyl (C=O) groups is 1. The molecule has 3 aromatic rings. The number of hydrogen-bond acceptors (Lipinski definition) is 7. The van der Waals surface area contributed by atoms with Gasteiger partial charge in [-0.25, -0.2) is 0 Å². The first kappa shape index (κ1) is 23.1. The lowest BCUT2D eigenvalue weighted by atomic mass is 9.75. The molecule has 7 nitrogen and oxygen atoms in total. The maximum absolute atomic E-state index is 14.0. The Kier molecular flexibility index (Phi) is 5.81. The lowest BCUT2D eigenvalue weighted by molar-refractivity contribution is 0.00881. The molecule has 3 aromatic carbocycles. The van der Waals surface area contributed by atoms with Gasteiger partial charge in [0, 0.05) is 24.5 Å². The van der Waals surface area contributed by atoms with E-state index in [0.29, 0.717) is 23.6 Å². The lowest BCUT2D eigenvalue weighted by Crippen LogP contribution is -2.51. The number of oxime groups is 1. The van der Waals surface area contributed by atoms with Crippen LogP contribution in [0.1, 0.15) is 29.3 Å². The van der Waals surface area contributed by atoms with Gasteiger partial charge in [0.05, 0.1) is 19.9 Å². The van der Waals surface area contributed by atoms with Gasteiger partial charge in [-0.15, -0.1) is 0 Å². The number of fused-ring (bicyclic) bond motifs is 2. The minimum absolute atomic E-state index is 0.177. The summed E-state index contributed by atoms with van der Waals surface area (Å²) in [5.41, 5.74) is 0.0676. The minimum Gasteiger partial charge on any atom is -0.496 e. The average Bonchev–Trinajstić information content (AvgIpc) is 3.19. The molecular weight excluding hydrogens is 470 g/mol. The third-order valence-electron chi connectivity index (χ3n) is 6.68. The molecule has 0 aromatic heterocycles. The summed E-state index contributed by atoms with van der Waals surface area (Å²) in [6, 6.07) is 15.5. The van der Waals surface area contributed by atoms with Crippen LogP contribution in [0.5, 0.6) is 17.2 Å². The highest BCUT2D eigenvalue weighted by molar-refractivity contribution is 6.35. The van der Waals surface area contributed by atoms with Gasteiger partial charge in [0.25, 0.3) is 0 Å². The van der Waals surface area contributed by atoms with Gasteiger partial charge < -0.3 is 24.2 Å². The van der Waals surface area contributed by atoms with Gasteiger partial charge in [0.2, 0.25) is 11.4 Å². The first-order valence-electron chi connectivity index (χ1n) is 11.1. The second kappa shape index (κ2) is 8.82. The van der Waals surface area contributed by atoms with Crippen molar-refractivity contribution >= 4 is 33.9 Å². The maximum atomic E-state index is 14.0. The van der Waals surface area contributed by atoms with Gasteiger partial charge in [0.1, 0.15) is 28.7 Å². The highest BCUT2D eigenvalue weighted by atomic mass is 35.5. The fraction of sp³-hybridized carbons (Fsp3) is 0.259. The van der Waals surface area contributed by atoms with E-state index >= 15 is 0 Å². The van der Waals surface area contributed by atoms with Crippen molar-refractivity contribution in [2.75, 3.05) is 14.2 Å². The third-order valence-corrected chi connectivity index (χ3v) is 7.04. The van der Waals surface area contributed by atoms with E-state index in [0.717, 1.165) is 16.3 Å². The normalized spacial score (nSPS) is 22.2. The molecule has 180 valence electrons. The summed E-state index contributed by atoms with van der Waals surface area (Å²) in [6.07, 6.45) is 1.86. The van der Waals surface area contributed by atoms with Gasteiger partial charge in [-0.1, -0.05) is 66.1 Å². The van der Waals surface area contributed by atoms with E-state index in [9.17, 15) is 10.0 Å². The average molecular weight is 494 g/mol. The number of methoxy groups -OCH3 is 2. The summed E-state index contributed by atoms with van der Waals surface area (Å²) < 4.78 is 23.5. The molecule has 1 N–H and O–H groups in total. The number of benzene rings is 3. The summed E-state index contributed by atoms with van der Waals surface area (Å²) >= 11 is 6.56. The van der Waals surface area contributed by atoms with Crippen LogP contribution in [-0.4, -0.2) is 36.5 Å². The summed E-state index contributed by atoms with van der Waals surface area (Å²) in [7, 11) is 2.95. The maximum Gasteiger partial charge on any atom is 0.231 e. The van der Waals surface area contributed by atoms with Crippen LogP contribution in [0.2, 0.25) is 5.02 Å². The molecule has 0 amide bonds. The van der Waals surface area contributed by atoms with E-state index in [-0.39, 0.29) is 34.5 Å². The van der Waals surface area contributed by atoms with Crippen LogP contribution < -0.4 is 14.2 Å². The number of carbonyl (C=O) groups excluding carboxylic acids is 1. The van der Waals surface area contributed by atoms with Crippen LogP contribution in [0.15, 0.2) is 65.5 Å². The molecule has 1 aliphatic heterocycles. The molecule has 0 saturated carbocycles. The van der Waals surface area contributed by atoms with E-state index in [2.05, 4.69) is 5.16 Å². The van der Waals surface area contributed by atoms with Gasteiger partial charge in [-0.2, -0.15) is 0 Å². The largest absolute Gasteiger partial charge is 0.496 e. The van der Waals surface area contributed by atoms with Crippen molar-refractivity contribution in [1.29, 1.82) is 0 Å². The second-order valence-corrected chi connectivity index (χ2v) is 8.98. The topological polar surface area (TPSA) is 86.6 Å². The number of Topliss-reactive ketones (excluding diaryl/α,β-unsaturated/α-hetero) is 1. The fourth-order valence-electron chi connectivity index (χ4n) is 4.90. The minimum atomic E-state index is -1.50. The van der Waals surface area contributed by atoms with Crippen molar-refractivity contribution < 1.29 is 28.9 Å². The number of allylic oxidation sites excluding steroid dienone is 1. The molecule has 5 rings (SSSR count). The molecule has 2 atom stereocenters. The number of halogens is 1. The third kappa shape index (κ3) is 3.49. The smallest absolute Gasteiger partial charge is 0.231 e. The number of ketones is 1. The number of rotatable bonds is 5. The Morgan fingerprint density at radius 1 is 1.14 bits per heavy atom. The van der Waals surface area contributed by atoms with Crippen molar-refractivity contribution in [3.05, 3.63) is 76.5 Å². The van der Waals surface area contributed by atoms with Crippen LogP contribution in [0.25, 0.3) is 10.8 Å². The lowest BCUT2D eigenvalue weighted by Gasteiger charge is -2.37. The Bertz CT molecular complexity index is 1390. The summed E-state index contributed by atoms with van der Waals surface area (Å²) in [6.45, 7) is 2.03. The van der Waals surface area contributed by atoms with Crippen LogP contribution in [0, 0.1) is 5.92 Å². The molecule has 1 heterocycles. The first-order valence-corrected chi connectivity index (χ1v) is 11.5. The van der Waals surface area contributed by atoms with Crippen molar-refractivity contribution in [3.8, 4) is 17.2 Å². The number of ether oxygens (including phenoxy) is 4. The molecule has 0 radical (unpaired) electrons. The molecule has 0 saturated heterocycles. The molecule has 1 aliphatic carbocycles. The number of nitrogens with zero attached hydrogens (tertiary/aromatic N) is 1. The van der Waals surface area contributed by atoms with E-state index in [1.807, 2.05) is 49.4 Å². The molecule has 35 heavy (non-hydrogen) atoms. The van der Waals surface area contributed by atoms with Gasteiger partial charge in [-0.3, -0.25) is 4.79 Å². The fourth-order valence-corrected chi connectivity index (χ4v) is 5.16.